The highest BCUT2D eigenvalue weighted by Gasteiger charge is 2.30. The molecule has 0 radical (unpaired) electrons. The van der Waals surface area contributed by atoms with Crippen molar-refractivity contribution < 1.29 is 9.53 Å². The molecule has 1 fully saturated rings. The number of hydrogen-bond acceptors (Lipinski definition) is 8. The van der Waals surface area contributed by atoms with Crippen LogP contribution in [0.3, 0.4) is 0 Å². The molecule has 1 aromatic carbocycles. The molecule has 2 aliphatic heterocycles. The summed E-state index contributed by atoms with van der Waals surface area (Å²) in [6.07, 6.45) is 8.43. The molecule has 6 rings (SSSR count). The number of benzene rings is 1. The fraction of sp³-hybridized carbons (Fsp3) is 0.440. The first-order chi connectivity index (χ1) is 16.2. The predicted molar refractivity (Wildman–Crippen MR) is 132 cm³/mol. The molecule has 1 N–H and O–H groups in total. The van der Waals surface area contributed by atoms with Crippen LogP contribution < -0.4 is 10.2 Å². The maximum Gasteiger partial charge on any atom is 0.309 e. The Hall–Kier alpha value is -3.00. The summed E-state index contributed by atoms with van der Waals surface area (Å²) < 4.78 is 5.28. The number of aromatic nitrogens is 2. The SMILES string of the molecule is CCOC(=O)[C@H]1CCc2c(sc3ncnc(Nc4cc5c(cc4N4CCCC4)CN=C5)c23)C1. The Balaban J connectivity index is 1.38. The van der Waals surface area contributed by atoms with Crippen LogP contribution in [-0.2, 0) is 28.9 Å². The average Bonchev–Trinajstić information content (AvgIpc) is 3.57. The van der Waals surface area contributed by atoms with Crippen molar-refractivity contribution in [2.45, 2.75) is 45.6 Å². The van der Waals surface area contributed by atoms with E-state index < -0.39 is 0 Å². The van der Waals surface area contributed by atoms with Crippen molar-refractivity contribution in [1.29, 1.82) is 0 Å². The van der Waals surface area contributed by atoms with Crippen LogP contribution in [0.2, 0.25) is 0 Å². The zero-order valence-corrected chi connectivity index (χ0v) is 19.6. The van der Waals surface area contributed by atoms with Crippen LogP contribution in [0, 0.1) is 5.92 Å². The highest BCUT2D eigenvalue weighted by atomic mass is 32.1. The number of hydrogen-bond donors (Lipinski definition) is 1. The number of aryl methyl sites for hydroxylation is 1. The van der Waals surface area contributed by atoms with Crippen LogP contribution in [0.5, 0.6) is 0 Å². The van der Waals surface area contributed by atoms with Gasteiger partial charge in [-0.25, -0.2) is 9.97 Å². The molecule has 33 heavy (non-hydrogen) atoms. The number of aliphatic imine (C=N–C) groups is 1. The number of esters is 1. The molecule has 0 spiro atoms. The molecule has 1 atom stereocenters. The van der Waals surface area contributed by atoms with E-state index in [1.165, 1.54) is 40.1 Å². The summed E-state index contributed by atoms with van der Waals surface area (Å²) in [4.78, 5) is 30.7. The van der Waals surface area contributed by atoms with Gasteiger partial charge in [-0.3, -0.25) is 9.79 Å². The Labute approximate surface area is 196 Å². The van der Waals surface area contributed by atoms with Gasteiger partial charge in [0.15, 0.2) is 0 Å². The smallest absolute Gasteiger partial charge is 0.309 e. The Morgan fingerprint density at radius 3 is 3.00 bits per heavy atom. The molecule has 0 amide bonds. The fourth-order valence-corrected chi connectivity index (χ4v) is 6.53. The zero-order valence-electron chi connectivity index (χ0n) is 18.8. The first-order valence-electron chi connectivity index (χ1n) is 11.8. The first kappa shape index (κ1) is 20.6. The van der Waals surface area contributed by atoms with Gasteiger partial charge < -0.3 is 15.0 Å². The summed E-state index contributed by atoms with van der Waals surface area (Å²) >= 11 is 1.68. The van der Waals surface area contributed by atoms with Gasteiger partial charge in [0.05, 0.1) is 35.8 Å². The van der Waals surface area contributed by atoms with Crippen LogP contribution in [0.15, 0.2) is 23.5 Å². The van der Waals surface area contributed by atoms with Gasteiger partial charge in [-0.1, -0.05) is 0 Å². The Morgan fingerprint density at radius 2 is 2.15 bits per heavy atom. The topological polar surface area (TPSA) is 79.7 Å². The molecule has 0 bridgehead atoms. The van der Waals surface area contributed by atoms with Gasteiger partial charge in [-0.05, 0) is 67.9 Å². The number of fused-ring (bicyclic) bond motifs is 4. The van der Waals surface area contributed by atoms with Crippen LogP contribution in [-0.4, -0.2) is 41.8 Å². The summed E-state index contributed by atoms with van der Waals surface area (Å²) in [5.74, 6) is 0.704. The lowest BCUT2D eigenvalue weighted by molar-refractivity contribution is -0.148. The van der Waals surface area contributed by atoms with Crippen molar-refractivity contribution in [3.05, 3.63) is 40.0 Å². The molecule has 3 aliphatic rings. The normalized spacial score (nSPS) is 19.1. The first-order valence-corrected chi connectivity index (χ1v) is 12.6. The van der Waals surface area contributed by atoms with Crippen LogP contribution >= 0.6 is 11.3 Å². The molecular formula is C25H27N5O2S. The summed E-state index contributed by atoms with van der Waals surface area (Å²) in [5, 5.41) is 4.77. The lowest BCUT2D eigenvalue weighted by Gasteiger charge is -2.24. The number of thiophene rings is 1. The lowest BCUT2D eigenvalue weighted by Crippen LogP contribution is -2.23. The minimum atomic E-state index is -0.0832. The molecular weight excluding hydrogens is 434 g/mol. The maximum atomic E-state index is 12.3. The van der Waals surface area contributed by atoms with Gasteiger partial charge in [-0.2, -0.15) is 0 Å². The number of carbonyl (C=O) groups excluding carboxylic acids is 1. The van der Waals surface area contributed by atoms with Crippen molar-refractivity contribution >= 4 is 50.9 Å². The minimum Gasteiger partial charge on any atom is -0.466 e. The van der Waals surface area contributed by atoms with Gasteiger partial charge in [0, 0.05) is 24.2 Å². The van der Waals surface area contributed by atoms with E-state index in [0.717, 1.165) is 60.6 Å². The number of ether oxygens (including phenoxy) is 1. The molecule has 7 nitrogen and oxygen atoms in total. The van der Waals surface area contributed by atoms with E-state index in [1.807, 2.05) is 13.1 Å². The van der Waals surface area contributed by atoms with Crippen LogP contribution in [0.25, 0.3) is 10.2 Å². The van der Waals surface area contributed by atoms with E-state index in [2.05, 4.69) is 37.3 Å². The van der Waals surface area contributed by atoms with Gasteiger partial charge in [0.25, 0.3) is 0 Å². The van der Waals surface area contributed by atoms with Crippen LogP contribution in [0.1, 0.15) is 47.8 Å². The van der Waals surface area contributed by atoms with E-state index in [9.17, 15) is 4.79 Å². The standard InChI is InChI=1S/C25H27N5O2S/c1-2-32-25(31)15-5-6-18-21(11-15)33-24-22(18)23(27-14-28-24)29-19-9-16-12-26-13-17(16)10-20(19)30-7-3-4-8-30/h9-10,12,14-15H,2-8,11,13H2,1H3,(H,27,28,29)/t15-/m0/s1. The lowest BCUT2D eigenvalue weighted by atomic mass is 9.88. The highest BCUT2D eigenvalue weighted by Crippen LogP contribution is 2.42. The Kier molecular flexibility index (Phi) is 5.25. The summed E-state index contributed by atoms with van der Waals surface area (Å²) in [6, 6.07) is 4.50. The molecule has 8 heteroatoms. The van der Waals surface area contributed by atoms with E-state index in [1.54, 1.807) is 17.7 Å². The average molecular weight is 462 g/mol. The summed E-state index contributed by atoms with van der Waals surface area (Å²) in [7, 11) is 0. The van der Waals surface area contributed by atoms with Gasteiger partial charge in [0.1, 0.15) is 17.0 Å². The third kappa shape index (κ3) is 3.66. The molecule has 0 saturated carbocycles. The van der Waals surface area contributed by atoms with Crippen LogP contribution in [0.4, 0.5) is 17.2 Å². The minimum absolute atomic E-state index is 0.0624. The molecule has 1 aliphatic carbocycles. The second-order valence-electron chi connectivity index (χ2n) is 8.96. The molecule has 4 heterocycles. The number of rotatable bonds is 5. The van der Waals surface area contributed by atoms with E-state index >= 15 is 0 Å². The van der Waals surface area contributed by atoms with Crippen molar-refractivity contribution in [3.8, 4) is 0 Å². The Bertz CT molecular complexity index is 1260. The quantitative estimate of drug-likeness (QED) is 0.558. The zero-order chi connectivity index (χ0) is 22.4. The highest BCUT2D eigenvalue weighted by molar-refractivity contribution is 7.19. The van der Waals surface area contributed by atoms with Gasteiger partial charge >= 0.3 is 5.97 Å². The van der Waals surface area contributed by atoms with Crippen molar-refractivity contribution in [2.75, 3.05) is 29.9 Å². The number of nitrogens with one attached hydrogen (secondary N) is 1. The van der Waals surface area contributed by atoms with E-state index in [0.29, 0.717) is 6.61 Å². The summed E-state index contributed by atoms with van der Waals surface area (Å²) in [6.45, 7) is 5.21. The summed E-state index contributed by atoms with van der Waals surface area (Å²) in [5.41, 5.74) is 6.05. The number of anilines is 3. The Morgan fingerprint density at radius 1 is 1.27 bits per heavy atom. The number of carbonyl (C=O) groups is 1. The third-order valence-corrected chi connectivity index (χ3v) is 8.08. The van der Waals surface area contributed by atoms with Crippen molar-refractivity contribution in [2.24, 2.45) is 10.9 Å². The number of nitrogens with zero attached hydrogens (tertiary/aromatic N) is 4. The predicted octanol–water partition coefficient (Wildman–Crippen LogP) is 4.64. The van der Waals surface area contributed by atoms with Gasteiger partial charge in [0.2, 0.25) is 0 Å². The molecule has 170 valence electrons. The largest absolute Gasteiger partial charge is 0.466 e. The molecule has 3 aromatic rings. The van der Waals surface area contributed by atoms with E-state index in [4.69, 9.17) is 4.74 Å². The maximum absolute atomic E-state index is 12.3. The fourth-order valence-electron chi connectivity index (χ4n) is 5.26. The van der Waals surface area contributed by atoms with Crippen molar-refractivity contribution in [1.82, 2.24) is 9.97 Å². The second kappa shape index (κ2) is 8.41. The van der Waals surface area contributed by atoms with Crippen molar-refractivity contribution in [3.63, 3.8) is 0 Å². The monoisotopic (exact) mass is 461 g/mol. The van der Waals surface area contributed by atoms with E-state index in [-0.39, 0.29) is 11.9 Å². The molecule has 0 unspecified atom stereocenters. The third-order valence-electron chi connectivity index (χ3n) is 6.91. The molecule has 1 saturated heterocycles. The van der Waals surface area contributed by atoms with Gasteiger partial charge in [-0.15, -0.1) is 11.3 Å². The second-order valence-corrected chi connectivity index (χ2v) is 10.0. The molecule has 2 aromatic heterocycles.